The summed E-state index contributed by atoms with van der Waals surface area (Å²) in [6.07, 6.45) is 5.25. The molecule has 0 saturated heterocycles. The monoisotopic (exact) mass is 501 g/mol. The maximum Gasteiger partial charge on any atom is 0.272 e. The molecule has 4 rings (SSSR count). The smallest absolute Gasteiger partial charge is 0.272 e. The molecule has 0 radical (unpaired) electrons. The molecule has 3 aromatic rings. The molecule has 34 heavy (non-hydrogen) atoms. The number of benzene rings is 1. The lowest BCUT2D eigenvalue weighted by Crippen LogP contribution is -2.31. The highest BCUT2D eigenvalue weighted by Crippen LogP contribution is 2.40. The number of halogens is 1. The number of rotatable bonds is 9. The Balaban J connectivity index is 1.44. The molecule has 1 amide bonds. The summed E-state index contributed by atoms with van der Waals surface area (Å²) < 4.78 is 29.3. The van der Waals surface area contributed by atoms with E-state index in [9.17, 15) is 18.0 Å². The van der Waals surface area contributed by atoms with Crippen molar-refractivity contribution in [2.45, 2.75) is 43.5 Å². The second kappa shape index (κ2) is 10.0. The third-order valence-corrected chi connectivity index (χ3v) is 7.38. The average Bonchev–Trinajstić information content (AvgIpc) is 3.63. The molecule has 0 spiro atoms. The van der Waals surface area contributed by atoms with Crippen molar-refractivity contribution < 1.29 is 13.2 Å². The summed E-state index contributed by atoms with van der Waals surface area (Å²) in [5, 5.41) is 6.92. The van der Waals surface area contributed by atoms with Crippen LogP contribution in [-0.2, 0) is 27.8 Å². The quantitative estimate of drug-likeness (QED) is 0.464. The molecule has 2 aromatic heterocycles. The lowest BCUT2D eigenvalue weighted by Gasteiger charge is -2.13. The van der Waals surface area contributed by atoms with Crippen LogP contribution in [0.25, 0.3) is 0 Å². The number of hydrogen-bond acceptors (Lipinski definition) is 6. The normalized spacial score (nSPS) is 13.6. The van der Waals surface area contributed by atoms with Gasteiger partial charge in [-0.1, -0.05) is 23.7 Å². The van der Waals surface area contributed by atoms with Gasteiger partial charge in [0, 0.05) is 36.1 Å². The van der Waals surface area contributed by atoms with Crippen molar-refractivity contribution in [2.24, 2.45) is 0 Å². The molecule has 1 aromatic carbocycles. The number of aryl methyl sites for hydroxylation is 1. The van der Waals surface area contributed by atoms with Crippen molar-refractivity contribution in [3.8, 4) is 0 Å². The van der Waals surface area contributed by atoms with Gasteiger partial charge in [-0.3, -0.25) is 14.6 Å². The van der Waals surface area contributed by atoms with Crippen molar-refractivity contribution in [2.75, 3.05) is 11.9 Å². The molecule has 11 heteroatoms. The van der Waals surface area contributed by atoms with Crippen molar-refractivity contribution in [3.05, 3.63) is 81.0 Å². The standard InChI is InChI=1S/C23H24ClN5O4S/c1-15-5-8-18(12-20(15)34(32,33)27-11-9-17-4-2-3-10-25-17)28-21(30)14-29-23(31)22(16-6-7-16)19(24)13-26-29/h2-5,8,10,12-13,16,27H,6-7,9,11,14H2,1H3,(H,28,30). The first-order valence-electron chi connectivity index (χ1n) is 10.8. The average molecular weight is 502 g/mol. The Morgan fingerprint density at radius 1 is 1.24 bits per heavy atom. The molecule has 1 fully saturated rings. The fourth-order valence-corrected chi connectivity index (χ4v) is 5.16. The van der Waals surface area contributed by atoms with E-state index in [0.29, 0.717) is 28.3 Å². The zero-order valence-electron chi connectivity index (χ0n) is 18.5. The Kier molecular flexibility index (Phi) is 7.11. The highest BCUT2D eigenvalue weighted by Gasteiger charge is 2.30. The van der Waals surface area contributed by atoms with Crippen molar-refractivity contribution >= 4 is 33.2 Å². The Bertz CT molecular complexity index is 1370. The van der Waals surface area contributed by atoms with Gasteiger partial charge in [0.2, 0.25) is 15.9 Å². The number of aromatic nitrogens is 3. The molecule has 1 aliphatic carbocycles. The molecule has 1 saturated carbocycles. The Labute approximate surface area is 202 Å². The zero-order valence-corrected chi connectivity index (χ0v) is 20.1. The Morgan fingerprint density at radius 2 is 2.03 bits per heavy atom. The summed E-state index contributed by atoms with van der Waals surface area (Å²) in [5.41, 5.74) is 1.72. The van der Waals surface area contributed by atoms with Crippen molar-refractivity contribution in [1.82, 2.24) is 19.5 Å². The van der Waals surface area contributed by atoms with Gasteiger partial charge >= 0.3 is 0 Å². The summed E-state index contributed by atoms with van der Waals surface area (Å²) in [4.78, 5) is 29.5. The molecule has 2 heterocycles. The topological polar surface area (TPSA) is 123 Å². The van der Waals surface area contributed by atoms with Gasteiger partial charge in [-0.15, -0.1) is 0 Å². The van der Waals surface area contributed by atoms with Gasteiger partial charge in [0.05, 0.1) is 16.1 Å². The number of nitrogens with zero attached hydrogens (tertiary/aromatic N) is 3. The first kappa shape index (κ1) is 24.1. The lowest BCUT2D eigenvalue weighted by molar-refractivity contribution is -0.117. The van der Waals surface area contributed by atoms with E-state index in [4.69, 9.17) is 11.6 Å². The van der Waals surface area contributed by atoms with E-state index in [1.807, 2.05) is 12.1 Å². The van der Waals surface area contributed by atoms with Crippen LogP contribution in [0.2, 0.25) is 5.02 Å². The lowest BCUT2D eigenvalue weighted by atomic mass is 10.2. The van der Waals surface area contributed by atoms with Gasteiger partial charge in [0.15, 0.2) is 0 Å². The number of anilines is 1. The van der Waals surface area contributed by atoms with Crippen LogP contribution < -0.4 is 15.6 Å². The number of sulfonamides is 1. The van der Waals surface area contributed by atoms with E-state index in [1.165, 1.54) is 12.3 Å². The van der Waals surface area contributed by atoms with Gasteiger partial charge in [-0.25, -0.2) is 17.8 Å². The maximum atomic E-state index is 12.8. The molecule has 1 aliphatic rings. The minimum absolute atomic E-state index is 0.0594. The highest BCUT2D eigenvalue weighted by molar-refractivity contribution is 7.89. The van der Waals surface area contributed by atoms with Crippen LogP contribution in [0.1, 0.15) is 35.6 Å². The van der Waals surface area contributed by atoms with Crippen molar-refractivity contribution in [1.29, 1.82) is 0 Å². The third-order valence-electron chi connectivity index (χ3n) is 5.47. The highest BCUT2D eigenvalue weighted by atomic mass is 35.5. The van der Waals surface area contributed by atoms with Crippen molar-refractivity contribution in [3.63, 3.8) is 0 Å². The number of amides is 1. The summed E-state index contributed by atoms with van der Waals surface area (Å²) in [6, 6.07) is 10.1. The molecule has 0 atom stereocenters. The second-order valence-corrected chi connectivity index (χ2v) is 10.3. The maximum absolute atomic E-state index is 12.8. The molecule has 2 N–H and O–H groups in total. The van der Waals surface area contributed by atoms with E-state index in [1.54, 1.807) is 31.3 Å². The third kappa shape index (κ3) is 5.69. The van der Waals surface area contributed by atoms with Gasteiger partial charge in [-0.2, -0.15) is 5.10 Å². The molecular weight excluding hydrogens is 478 g/mol. The molecule has 9 nitrogen and oxygen atoms in total. The Hall–Kier alpha value is -3.08. The number of carbonyl (C=O) groups is 1. The van der Waals surface area contributed by atoms with E-state index >= 15 is 0 Å². The van der Waals surface area contributed by atoms with Crippen LogP contribution in [0.4, 0.5) is 5.69 Å². The van der Waals surface area contributed by atoms with E-state index in [2.05, 4.69) is 20.1 Å². The first-order valence-corrected chi connectivity index (χ1v) is 12.7. The fourth-order valence-electron chi connectivity index (χ4n) is 3.58. The number of carbonyl (C=O) groups excluding carboxylic acids is 1. The van der Waals surface area contributed by atoms with E-state index in [0.717, 1.165) is 23.2 Å². The largest absolute Gasteiger partial charge is 0.324 e. The number of hydrogen-bond donors (Lipinski definition) is 2. The first-order chi connectivity index (χ1) is 16.2. The molecule has 178 valence electrons. The molecule has 0 bridgehead atoms. The van der Waals surface area contributed by atoms with Crippen LogP contribution in [0, 0.1) is 6.92 Å². The van der Waals surface area contributed by atoms with Crippen LogP contribution >= 0.6 is 11.6 Å². The van der Waals surface area contributed by atoms with Gasteiger partial charge < -0.3 is 5.32 Å². The van der Waals surface area contributed by atoms with Crippen LogP contribution in [0.3, 0.4) is 0 Å². The summed E-state index contributed by atoms with van der Waals surface area (Å²) in [6.45, 7) is 1.55. The van der Waals surface area contributed by atoms with Crippen LogP contribution in [-0.4, -0.2) is 35.6 Å². The summed E-state index contributed by atoms with van der Waals surface area (Å²) >= 11 is 6.11. The van der Waals surface area contributed by atoms with Crippen LogP contribution in [0.15, 0.2) is 58.5 Å². The molecule has 0 unspecified atom stereocenters. The zero-order chi connectivity index (χ0) is 24.3. The Morgan fingerprint density at radius 3 is 2.74 bits per heavy atom. The van der Waals surface area contributed by atoms with Crippen LogP contribution in [0.5, 0.6) is 0 Å². The number of nitrogens with one attached hydrogen (secondary N) is 2. The predicted octanol–water partition coefficient (Wildman–Crippen LogP) is 2.64. The van der Waals surface area contributed by atoms with E-state index in [-0.39, 0.29) is 29.5 Å². The predicted molar refractivity (Wildman–Crippen MR) is 128 cm³/mol. The second-order valence-electron chi connectivity index (χ2n) is 8.14. The van der Waals surface area contributed by atoms with E-state index < -0.39 is 15.9 Å². The van der Waals surface area contributed by atoms with Gasteiger partial charge in [0.25, 0.3) is 5.56 Å². The molecule has 0 aliphatic heterocycles. The minimum atomic E-state index is -3.81. The SMILES string of the molecule is Cc1ccc(NC(=O)Cn2ncc(Cl)c(C3CC3)c2=O)cc1S(=O)(=O)NCCc1ccccn1. The fraction of sp³-hybridized carbons (Fsp3) is 0.304. The summed E-state index contributed by atoms with van der Waals surface area (Å²) in [7, 11) is -3.81. The van der Waals surface area contributed by atoms with Gasteiger partial charge in [-0.05, 0) is 55.5 Å². The number of pyridine rings is 1. The minimum Gasteiger partial charge on any atom is -0.324 e. The van der Waals surface area contributed by atoms with Gasteiger partial charge in [0.1, 0.15) is 6.54 Å². The molecular formula is C23H24ClN5O4S. The summed E-state index contributed by atoms with van der Waals surface area (Å²) in [5.74, 6) is -0.388.